The van der Waals surface area contributed by atoms with Gasteiger partial charge in [0, 0.05) is 18.8 Å². The fraction of sp³-hybridized carbons (Fsp3) is 0.545. The van der Waals surface area contributed by atoms with Crippen LogP contribution in [0.5, 0.6) is 0 Å². The normalized spacial score (nSPS) is 10.2. The number of amides is 1. The Balaban J connectivity index is 2.04. The van der Waals surface area contributed by atoms with Crippen LogP contribution >= 0.6 is 0 Å². The summed E-state index contributed by atoms with van der Waals surface area (Å²) in [4.78, 5) is 11.4. The first-order valence-electron chi connectivity index (χ1n) is 5.46. The molecule has 84 valence electrons. The number of nitrogens with zero attached hydrogens (tertiary/aromatic N) is 1. The van der Waals surface area contributed by atoms with Gasteiger partial charge < -0.3 is 5.73 Å². The summed E-state index contributed by atoms with van der Waals surface area (Å²) in [5.74, 6) is 0.0685. The molecule has 0 atom stereocenters. The van der Waals surface area contributed by atoms with Gasteiger partial charge in [0.1, 0.15) is 0 Å². The molecule has 0 spiro atoms. The van der Waals surface area contributed by atoms with Gasteiger partial charge in [0.2, 0.25) is 5.91 Å². The average molecular weight is 209 g/mol. The van der Waals surface area contributed by atoms with E-state index in [-0.39, 0.29) is 5.91 Å². The first kappa shape index (κ1) is 11.8. The van der Waals surface area contributed by atoms with E-state index in [0.717, 1.165) is 32.2 Å². The third kappa shape index (κ3) is 5.22. The zero-order chi connectivity index (χ0) is 10.9. The quantitative estimate of drug-likeness (QED) is 0.668. The van der Waals surface area contributed by atoms with Crippen LogP contribution in [0.2, 0.25) is 0 Å². The maximum atomic E-state index is 11.4. The Hall–Kier alpha value is -1.29. The molecule has 0 saturated carbocycles. The number of unbranched alkanes of at least 4 members (excludes halogenated alkanes) is 3. The van der Waals surface area contributed by atoms with E-state index in [0.29, 0.717) is 6.42 Å². The van der Waals surface area contributed by atoms with Gasteiger partial charge in [-0.15, -0.1) is 0 Å². The monoisotopic (exact) mass is 209 g/mol. The van der Waals surface area contributed by atoms with Crippen LogP contribution in [-0.2, 0) is 4.79 Å². The van der Waals surface area contributed by atoms with Crippen LogP contribution < -0.4 is 11.2 Å². The molecule has 0 radical (unpaired) electrons. The lowest BCUT2D eigenvalue weighted by Crippen LogP contribution is -2.20. The molecule has 0 bridgehead atoms. The van der Waals surface area contributed by atoms with Crippen molar-refractivity contribution in [1.29, 1.82) is 0 Å². The van der Waals surface area contributed by atoms with Crippen molar-refractivity contribution in [3.05, 3.63) is 24.5 Å². The molecule has 3 N–H and O–H groups in total. The number of nitrogens with one attached hydrogen (secondary N) is 1. The van der Waals surface area contributed by atoms with Crippen LogP contribution in [0.15, 0.2) is 24.5 Å². The van der Waals surface area contributed by atoms with E-state index in [1.807, 2.05) is 24.5 Å². The molecule has 0 unspecified atom stereocenters. The molecular weight excluding hydrogens is 190 g/mol. The second-order valence-electron chi connectivity index (χ2n) is 3.58. The van der Waals surface area contributed by atoms with Gasteiger partial charge in [0.05, 0.1) is 0 Å². The van der Waals surface area contributed by atoms with Gasteiger partial charge in [-0.05, 0) is 31.5 Å². The second kappa shape index (κ2) is 7.06. The largest absolute Gasteiger partial charge is 0.330 e. The summed E-state index contributed by atoms with van der Waals surface area (Å²) in [6.45, 7) is 0.746. The van der Waals surface area contributed by atoms with E-state index < -0.39 is 0 Å². The van der Waals surface area contributed by atoms with Crippen molar-refractivity contribution in [2.24, 2.45) is 5.73 Å². The molecule has 0 aliphatic rings. The summed E-state index contributed by atoms with van der Waals surface area (Å²) >= 11 is 0. The molecule has 4 nitrogen and oxygen atoms in total. The predicted octanol–water partition coefficient (Wildman–Crippen LogP) is 1.47. The first-order valence-corrected chi connectivity index (χ1v) is 5.46. The summed E-state index contributed by atoms with van der Waals surface area (Å²) in [6, 6.07) is 3.75. The third-order valence-corrected chi connectivity index (χ3v) is 2.22. The lowest BCUT2D eigenvalue weighted by Gasteiger charge is -2.05. The Labute approximate surface area is 90.4 Å². The molecule has 4 heteroatoms. The molecule has 0 aliphatic carbocycles. The Morgan fingerprint density at radius 2 is 1.80 bits per heavy atom. The lowest BCUT2D eigenvalue weighted by molar-refractivity contribution is -0.117. The van der Waals surface area contributed by atoms with Crippen molar-refractivity contribution in [3.8, 4) is 0 Å². The SMILES string of the molecule is NCCCCCCC(=O)Nn1cccc1. The number of hydrogen-bond donors (Lipinski definition) is 2. The van der Waals surface area contributed by atoms with Crippen molar-refractivity contribution >= 4 is 5.91 Å². The molecule has 0 fully saturated rings. The van der Waals surface area contributed by atoms with Crippen LogP contribution in [0.4, 0.5) is 0 Å². The van der Waals surface area contributed by atoms with E-state index in [1.165, 1.54) is 0 Å². The van der Waals surface area contributed by atoms with Gasteiger partial charge in [0.15, 0.2) is 0 Å². The van der Waals surface area contributed by atoms with E-state index in [1.54, 1.807) is 4.68 Å². The summed E-state index contributed by atoms with van der Waals surface area (Å²) in [5, 5.41) is 0. The number of hydrogen-bond acceptors (Lipinski definition) is 2. The molecule has 1 aromatic rings. The Bertz CT molecular complexity index is 269. The van der Waals surface area contributed by atoms with Gasteiger partial charge in [-0.25, -0.2) is 0 Å². The van der Waals surface area contributed by atoms with Gasteiger partial charge in [-0.2, -0.15) is 0 Å². The number of rotatable bonds is 7. The maximum Gasteiger partial charge on any atom is 0.238 e. The minimum absolute atomic E-state index is 0.0685. The maximum absolute atomic E-state index is 11.4. The molecule has 0 aromatic carbocycles. The molecule has 1 rings (SSSR count). The van der Waals surface area contributed by atoms with E-state index >= 15 is 0 Å². The number of nitrogens with two attached hydrogens (primary N) is 1. The fourth-order valence-electron chi connectivity index (χ4n) is 1.39. The highest BCUT2D eigenvalue weighted by Crippen LogP contribution is 2.02. The van der Waals surface area contributed by atoms with Crippen LogP contribution in [0.3, 0.4) is 0 Å². The number of aromatic nitrogens is 1. The summed E-state index contributed by atoms with van der Waals surface area (Å²) in [6.07, 6.45) is 8.40. The fourth-order valence-corrected chi connectivity index (χ4v) is 1.39. The highest BCUT2D eigenvalue weighted by atomic mass is 16.2. The van der Waals surface area contributed by atoms with Crippen LogP contribution in [0.25, 0.3) is 0 Å². The minimum Gasteiger partial charge on any atom is -0.330 e. The van der Waals surface area contributed by atoms with E-state index in [4.69, 9.17) is 5.73 Å². The molecule has 15 heavy (non-hydrogen) atoms. The van der Waals surface area contributed by atoms with Gasteiger partial charge in [0.25, 0.3) is 0 Å². The average Bonchev–Trinajstić information content (AvgIpc) is 2.70. The lowest BCUT2D eigenvalue weighted by atomic mass is 10.1. The smallest absolute Gasteiger partial charge is 0.238 e. The number of carbonyl (C=O) groups is 1. The zero-order valence-electron chi connectivity index (χ0n) is 8.98. The van der Waals surface area contributed by atoms with Crippen molar-refractivity contribution in [3.63, 3.8) is 0 Å². The van der Waals surface area contributed by atoms with E-state index in [2.05, 4.69) is 5.43 Å². The molecule has 0 aliphatic heterocycles. The first-order chi connectivity index (χ1) is 7.33. The topological polar surface area (TPSA) is 60.1 Å². The Morgan fingerprint density at radius 3 is 2.47 bits per heavy atom. The van der Waals surface area contributed by atoms with Crippen molar-refractivity contribution in [1.82, 2.24) is 4.68 Å². The Morgan fingerprint density at radius 1 is 1.13 bits per heavy atom. The molecule has 1 aromatic heterocycles. The summed E-state index contributed by atoms with van der Waals surface area (Å²) in [7, 11) is 0. The van der Waals surface area contributed by atoms with Crippen molar-refractivity contribution in [2.45, 2.75) is 32.1 Å². The standard InChI is InChI=1S/C11H19N3O/c12-8-4-2-1-3-7-11(15)13-14-9-5-6-10-14/h5-6,9-10H,1-4,7-8,12H2,(H,13,15). The molecule has 0 saturated heterocycles. The zero-order valence-corrected chi connectivity index (χ0v) is 8.98. The highest BCUT2D eigenvalue weighted by Gasteiger charge is 2.00. The minimum atomic E-state index is 0.0685. The Kier molecular flexibility index (Phi) is 5.55. The molecule has 1 heterocycles. The van der Waals surface area contributed by atoms with Crippen LogP contribution in [0.1, 0.15) is 32.1 Å². The van der Waals surface area contributed by atoms with E-state index in [9.17, 15) is 4.79 Å². The van der Waals surface area contributed by atoms with Crippen LogP contribution in [-0.4, -0.2) is 17.1 Å². The van der Waals surface area contributed by atoms with Crippen LogP contribution in [0, 0.1) is 0 Å². The highest BCUT2D eigenvalue weighted by molar-refractivity contribution is 5.83. The molecular formula is C11H19N3O. The van der Waals surface area contributed by atoms with Crippen molar-refractivity contribution < 1.29 is 4.79 Å². The van der Waals surface area contributed by atoms with Gasteiger partial charge in [-0.1, -0.05) is 12.8 Å². The third-order valence-electron chi connectivity index (χ3n) is 2.22. The summed E-state index contributed by atoms with van der Waals surface area (Å²) in [5.41, 5.74) is 8.14. The van der Waals surface area contributed by atoms with Crippen molar-refractivity contribution in [2.75, 3.05) is 12.0 Å². The van der Waals surface area contributed by atoms with Gasteiger partial charge in [-0.3, -0.25) is 14.9 Å². The predicted molar refractivity (Wildman–Crippen MR) is 60.9 cm³/mol. The number of carbonyl (C=O) groups excluding carboxylic acids is 1. The summed E-state index contributed by atoms with van der Waals surface area (Å²) < 4.78 is 1.67. The van der Waals surface area contributed by atoms with Gasteiger partial charge >= 0.3 is 0 Å². The second-order valence-corrected chi connectivity index (χ2v) is 3.58. The molecule has 1 amide bonds.